The molecule has 0 aliphatic carbocycles. The first kappa shape index (κ1) is 17.0. The molecule has 4 nitrogen and oxygen atoms in total. The summed E-state index contributed by atoms with van der Waals surface area (Å²) in [6, 6.07) is 13.8. The molecule has 0 aliphatic rings. The van der Waals surface area contributed by atoms with Gasteiger partial charge >= 0.3 is 0 Å². The Hall–Kier alpha value is -2.88. The molecule has 25 heavy (non-hydrogen) atoms. The van der Waals surface area contributed by atoms with Gasteiger partial charge in [-0.2, -0.15) is 0 Å². The number of hydrogen-bond donors (Lipinski definition) is 1. The zero-order chi connectivity index (χ0) is 17.8. The van der Waals surface area contributed by atoms with Gasteiger partial charge in [0.15, 0.2) is 0 Å². The summed E-state index contributed by atoms with van der Waals surface area (Å²) in [6.07, 6.45) is 3.42. The van der Waals surface area contributed by atoms with Crippen molar-refractivity contribution >= 4 is 16.7 Å². The molecule has 0 unspecified atom stereocenters. The maximum absolute atomic E-state index is 12.7. The number of ether oxygens (including phenoxy) is 1. The third-order valence-electron chi connectivity index (χ3n) is 4.33. The van der Waals surface area contributed by atoms with E-state index in [0.717, 1.165) is 22.1 Å². The van der Waals surface area contributed by atoms with Crippen molar-refractivity contribution in [2.24, 2.45) is 0 Å². The Labute approximate surface area is 147 Å². The van der Waals surface area contributed by atoms with Gasteiger partial charge in [0.05, 0.1) is 12.7 Å². The van der Waals surface area contributed by atoms with Crippen LogP contribution in [-0.4, -0.2) is 18.0 Å². The number of para-hydroxylation sites is 1. The number of nitrogens with one attached hydrogen (secondary N) is 1. The van der Waals surface area contributed by atoms with E-state index in [2.05, 4.69) is 36.3 Å². The van der Waals surface area contributed by atoms with Crippen molar-refractivity contribution in [2.45, 2.75) is 26.3 Å². The fraction of sp³-hybridized carbons (Fsp3) is 0.238. The molecular formula is C21H22N2O2. The fourth-order valence-electron chi connectivity index (χ4n) is 2.85. The van der Waals surface area contributed by atoms with Gasteiger partial charge in [-0.3, -0.25) is 9.78 Å². The Bertz CT molecular complexity index is 903. The highest BCUT2D eigenvalue weighted by Crippen LogP contribution is 2.23. The lowest BCUT2D eigenvalue weighted by Crippen LogP contribution is -2.23. The normalized spacial score (nSPS) is 10.9. The van der Waals surface area contributed by atoms with E-state index in [-0.39, 0.29) is 5.91 Å². The number of fused-ring (bicyclic) bond motifs is 1. The molecule has 1 heterocycles. The van der Waals surface area contributed by atoms with Gasteiger partial charge in [-0.15, -0.1) is 0 Å². The lowest BCUT2D eigenvalue weighted by molar-refractivity contribution is 0.0952. The molecule has 0 aliphatic heterocycles. The van der Waals surface area contributed by atoms with E-state index >= 15 is 0 Å². The number of pyridine rings is 1. The third kappa shape index (κ3) is 3.63. The summed E-state index contributed by atoms with van der Waals surface area (Å²) < 4.78 is 5.33. The average molecular weight is 334 g/mol. The summed E-state index contributed by atoms with van der Waals surface area (Å²) >= 11 is 0. The van der Waals surface area contributed by atoms with Crippen molar-refractivity contribution in [3.8, 4) is 5.75 Å². The van der Waals surface area contributed by atoms with Crippen LogP contribution in [0.3, 0.4) is 0 Å². The van der Waals surface area contributed by atoms with E-state index in [9.17, 15) is 4.79 Å². The second-order valence-electron chi connectivity index (χ2n) is 6.32. The zero-order valence-electron chi connectivity index (χ0n) is 14.7. The highest BCUT2D eigenvalue weighted by atomic mass is 16.5. The van der Waals surface area contributed by atoms with Gasteiger partial charge in [-0.25, -0.2) is 0 Å². The zero-order valence-corrected chi connectivity index (χ0v) is 14.7. The molecule has 1 N–H and O–H groups in total. The molecule has 0 atom stereocenters. The minimum atomic E-state index is -0.138. The molecule has 4 heteroatoms. The largest absolute Gasteiger partial charge is 0.496 e. The summed E-state index contributed by atoms with van der Waals surface area (Å²) in [5.41, 5.74) is 2.76. The molecule has 3 rings (SSSR count). The lowest BCUT2D eigenvalue weighted by atomic mass is 9.98. The molecule has 128 valence electrons. The molecule has 0 saturated heterocycles. The van der Waals surface area contributed by atoms with Crippen molar-refractivity contribution < 1.29 is 9.53 Å². The van der Waals surface area contributed by atoms with Crippen LogP contribution >= 0.6 is 0 Å². The maximum Gasteiger partial charge on any atom is 0.253 e. The third-order valence-corrected chi connectivity index (χ3v) is 4.33. The Kier molecular flexibility index (Phi) is 4.98. The topological polar surface area (TPSA) is 51.2 Å². The van der Waals surface area contributed by atoms with Crippen LogP contribution < -0.4 is 10.1 Å². The molecule has 1 amide bonds. The van der Waals surface area contributed by atoms with E-state index in [1.54, 1.807) is 19.5 Å². The molecule has 1 aromatic heterocycles. The predicted molar refractivity (Wildman–Crippen MR) is 100.0 cm³/mol. The van der Waals surface area contributed by atoms with E-state index in [1.807, 2.05) is 30.3 Å². The van der Waals surface area contributed by atoms with Crippen LogP contribution in [0.2, 0.25) is 0 Å². The van der Waals surface area contributed by atoms with Crippen LogP contribution in [-0.2, 0) is 6.54 Å². The Morgan fingerprint density at radius 1 is 1.16 bits per heavy atom. The minimum absolute atomic E-state index is 0.138. The number of benzene rings is 2. The molecule has 2 aromatic carbocycles. The van der Waals surface area contributed by atoms with Crippen molar-refractivity contribution in [3.63, 3.8) is 0 Å². The Morgan fingerprint density at radius 3 is 2.72 bits per heavy atom. The number of methoxy groups -OCH3 is 1. The Balaban J connectivity index is 1.85. The number of nitrogens with zero attached hydrogens (tertiary/aromatic N) is 1. The number of rotatable bonds is 5. The van der Waals surface area contributed by atoms with Crippen molar-refractivity contribution in [3.05, 3.63) is 71.5 Å². The van der Waals surface area contributed by atoms with Gasteiger partial charge in [0.25, 0.3) is 5.91 Å². The Morgan fingerprint density at radius 2 is 1.96 bits per heavy atom. The quantitative estimate of drug-likeness (QED) is 0.757. The second-order valence-corrected chi connectivity index (χ2v) is 6.32. The number of carbonyl (C=O) groups excluding carboxylic acids is 1. The molecule has 0 radical (unpaired) electrons. The standard InChI is InChI=1S/C21H22N2O2/c1-14(2)15-8-9-18-17(10-15)11-22-13-19(18)21(24)23-12-16-6-4-5-7-20(16)25-3/h4-11,13-14H,12H2,1-3H3,(H,23,24). The van der Waals surface area contributed by atoms with Crippen LogP contribution in [0.5, 0.6) is 5.75 Å². The smallest absolute Gasteiger partial charge is 0.253 e. The molecule has 0 spiro atoms. The summed E-state index contributed by atoms with van der Waals surface area (Å²) in [5, 5.41) is 4.86. The number of amides is 1. The van der Waals surface area contributed by atoms with Crippen molar-refractivity contribution in [2.75, 3.05) is 7.11 Å². The lowest BCUT2D eigenvalue weighted by Gasteiger charge is -2.12. The van der Waals surface area contributed by atoms with Gasteiger partial charge < -0.3 is 10.1 Å². The molecule has 0 saturated carbocycles. The number of hydrogen-bond acceptors (Lipinski definition) is 3. The van der Waals surface area contributed by atoms with Crippen LogP contribution in [0.15, 0.2) is 54.9 Å². The number of carbonyl (C=O) groups is 1. The number of aromatic nitrogens is 1. The molecule has 0 fully saturated rings. The van der Waals surface area contributed by atoms with E-state index in [1.165, 1.54) is 5.56 Å². The molecule has 3 aromatic rings. The molecular weight excluding hydrogens is 312 g/mol. The monoisotopic (exact) mass is 334 g/mol. The highest BCUT2D eigenvalue weighted by molar-refractivity contribution is 6.06. The van der Waals surface area contributed by atoms with E-state index < -0.39 is 0 Å². The predicted octanol–water partition coefficient (Wildman–Crippen LogP) is 4.30. The fourth-order valence-corrected chi connectivity index (χ4v) is 2.85. The van der Waals surface area contributed by atoms with Gasteiger partial charge in [-0.05, 0) is 29.0 Å². The van der Waals surface area contributed by atoms with Gasteiger partial charge in [0, 0.05) is 29.9 Å². The SMILES string of the molecule is COc1ccccc1CNC(=O)c1cncc2cc(C(C)C)ccc12. The van der Waals surface area contributed by atoms with Gasteiger partial charge in [0.2, 0.25) is 0 Å². The van der Waals surface area contributed by atoms with Crippen LogP contribution in [0, 0.1) is 0 Å². The van der Waals surface area contributed by atoms with Crippen molar-refractivity contribution in [1.29, 1.82) is 0 Å². The summed E-state index contributed by atoms with van der Waals surface area (Å²) in [6.45, 7) is 4.71. The minimum Gasteiger partial charge on any atom is -0.496 e. The second kappa shape index (κ2) is 7.34. The van der Waals surface area contributed by atoms with E-state index in [4.69, 9.17) is 4.74 Å². The summed E-state index contributed by atoms with van der Waals surface area (Å²) in [7, 11) is 1.63. The highest BCUT2D eigenvalue weighted by Gasteiger charge is 2.12. The van der Waals surface area contributed by atoms with Gasteiger partial charge in [-0.1, -0.05) is 44.2 Å². The van der Waals surface area contributed by atoms with Crippen LogP contribution in [0.4, 0.5) is 0 Å². The maximum atomic E-state index is 12.7. The first-order valence-corrected chi connectivity index (χ1v) is 8.38. The van der Waals surface area contributed by atoms with Crippen LogP contribution in [0.1, 0.15) is 41.3 Å². The summed E-state index contributed by atoms with van der Waals surface area (Å²) in [4.78, 5) is 16.9. The van der Waals surface area contributed by atoms with E-state index in [0.29, 0.717) is 18.0 Å². The molecule has 0 bridgehead atoms. The van der Waals surface area contributed by atoms with Gasteiger partial charge in [0.1, 0.15) is 5.75 Å². The first-order valence-electron chi connectivity index (χ1n) is 8.38. The van der Waals surface area contributed by atoms with Crippen LogP contribution in [0.25, 0.3) is 10.8 Å². The average Bonchev–Trinajstić information content (AvgIpc) is 2.65. The van der Waals surface area contributed by atoms with Crippen molar-refractivity contribution in [1.82, 2.24) is 10.3 Å². The summed E-state index contributed by atoms with van der Waals surface area (Å²) in [5.74, 6) is 1.06. The first-order chi connectivity index (χ1) is 12.1.